The van der Waals surface area contributed by atoms with Crippen molar-refractivity contribution < 1.29 is 14.3 Å². The lowest BCUT2D eigenvalue weighted by molar-refractivity contribution is 0.0365. The number of aliphatic hydroxyl groups is 1. The number of nitrogens with one attached hydrogen (secondary N) is 1. The van der Waals surface area contributed by atoms with Crippen LogP contribution >= 0.6 is 11.9 Å². The molecule has 1 saturated heterocycles. The van der Waals surface area contributed by atoms with Crippen molar-refractivity contribution >= 4 is 29.1 Å². The summed E-state index contributed by atoms with van der Waals surface area (Å²) < 4.78 is 15.7. The zero-order valence-electron chi connectivity index (χ0n) is 19.3. The summed E-state index contributed by atoms with van der Waals surface area (Å²) in [4.78, 5) is 9.01. The van der Waals surface area contributed by atoms with Crippen molar-refractivity contribution in [2.45, 2.75) is 25.4 Å². The molecular weight excluding hydrogens is 452 g/mol. The molecule has 0 saturated carbocycles. The van der Waals surface area contributed by atoms with Crippen molar-refractivity contribution in [3.63, 3.8) is 0 Å². The van der Waals surface area contributed by atoms with Gasteiger partial charge in [-0.15, -0.1) is 10.2 Å². The molecule has 5 heterocycles. The van der Waals surface area contributed by atoms with Gasteiger partial charge in [-0.05, 0) is 49.6 Å². The van der Waals surface area contributed by atoms with Crippen LogP contribution in [0.4, 0.5) is 17.2 Å². The van der Waals surface area contributed by atoms with Crippen molar-refractivity contribution in [1.29, 1.82) is 0 Å². The Bertz CT molecular complexity index is 1100. The molecule has 10 heteroatoms. The SMILES string of the molecule is CN1CCCOC2CCN(CC2)c2cc(NSCCO)ccc2-c2nnc(o2)-c2ccnc1c2. The third-order valence-electron chi connectivity index (χ3n) is 6.19. The monoisotopic (exact) mass is 482 g/mol. The Morgan fingerprint density at radius 3 is 2.82 bits per heavy atom. The lowest BCUT2D eigenvalue weighted by Crippen LogP contribution is -2.37. The Hall–Kier alpha value is -2.82. The molecule has 9 nitrogen and oxygen atoms in total. The van der Waals surface area contributed by atoms with Gasteiger partial charge < -0.3 is 28.8 Å². The van der Waals surface area contributed by atoms with Crippen molar-refractivity contribution in [1.82, 2.24) is 15.2 Å². The number of hydrogen-bond donors (Lipinski definition) is 2. The second-order valence-corrected chi connectivity index (χ2v) is 9.45. The molecule has 0 unspecified atom stereocenters. The number of aliphatic hydroxyl groups excluding tert-OH is 1. The third-order valence-corrected chi connectivity index (χ3v) is 6.96. The Morgan fingerprint density at radius 2 is 1.97 bits per heavy atom. The molecule has 6 bridgehead atoms. The maximum Gasteiger partial charge on any atom is 0.250 e. The van der Waals surface area contributed by atoms with Crippen LogP contribution in [-0.4, -0.2) is 72.0 Å². The number of nitrogens with zero attached hydrogens (tertiary/aromatic N) is 5. The summed E-state index contributed by atoms with van der Waals surface area (Å²) >= 11 is 1.48. The molecule has 0 atom stereocenters. The summed E-state index contributed by atoms with van der Waals surface area (Å²) in [7, 11) is 2.04. The Balaban J connectivity index is 1.52. The molecule has 0 radical (unpaired) electrons. The first-order valence-electron chi connectivity index (χ1n) is 11.7. The standard InChI is InChI=1S/C24H30N6O3S/c1-29-9-2-13-32-19-6-10-30(11-7-19)21-16-18(28-34-14-12-31)3-4-20(21)24-27-26-23(33-24)17-5-8-25-22(29)15-17/h3-5,8,15-16,19,28,31H,2,6-7,9-14H2,1H3. The summed E-state index contributed by atoms with van der Waals surface area (Å²) in [5.74, 6) is 2.46. The number of piperidine rings is 1. The number of benzene rings is 1. The molecular formula is C24H30N6O3S. The average molecular weight is 483 g/mol. The average Bonchev–Trinajstić information content (AvgIpc) is 3.37. The van der Waals surface area contributed by atoms with E-state index in [-0.39, 0.29) is 12.7 Å². The van der Waals surface area contributed by atoms with Crippen LogP contribution in [0.15, 0.2) is 40.9 Å². The fraction of sp³-hybridized carbons (Fsp3) is 0.458. The predicted molar refractivity (Wildman–Crippen MR) is 135 cm³/mol. The second kappa shape index (κ2) is 10.6. The summed E-state index contributed by atoms with van der Waals surface area (Å²) in [6.45, 7) is 3.54. The largest absolute Gasteiger partial charge is 0.416 e. The number of pyridine rings is 1. The summed E-state index contributed by atoms with van der Waals surface area (Å²) in [6.07, 6.45) is 4.94. The number of aromatic nitrogens is 3. The lowest BCUT2D eigenvalue weighted by Gasteiger charge is -2.34. The summed E-state index contributed by atoms with van der Waals surface area (Å²) in [5, 5.41) is 17.9. The van der Waals surface area contributed by atoms with E-state index in [4.69, 9.17) is 14.3 Å². The molecule has 3 aliphatic heterocycles. The van der Waals surface area contributed by atoms with Crippen molar-refractivity contribution in [2.75, 3.05) is 60.2 Å². The second-order valence-electron chi connectivity index (χ2n) is 8.55. The van der Waals surface area contributed by atoms with E-state index >= 15 is 0 Å². The van der Waals surface area contributed by atoms with Crippen LogP contribution in [0.1, 0.15) is 19.3 Å². The Morgan fingerprint density at radius 1 is 1.12 bits per heavy atom. The maximum atomic E-state index is 9.10. The van der Waals surface area contributed by atoms with Crippen LogP contribution in [0.3, 0.4) is 0 Å². The van der Waals surface area contributed by atoms with E-state index in [1.165, 1.54) is 11.9 Å². The van der Waals surface area contributed by atoms with E-state index in [0.717, 1.165) is 73.8 Å². The van der Waals surface area contributed by atoms with E-state index in [9.17, 15) is 0 Å². The van der Waals surface area contributed by atoms with Crippen LogP contribution in [-0.2, 0) is 4.74 Å². The van der Waals surface area contributed by atoms with E-state index in [1.807, 2.05) is 31.3 Å². The van der Waals surface area contributed by atoms with E-state index < -0.39 is 0 Å². The smallest absolute Gasteiger partial charge is 0.250 e. The molecule has 6 rings (SSSR count). The Kier molecular flexibility index (Phi) is 7.17. The predicted octanol–water partition coefficient (Wildman–Crippen LogP) is 3.68. The van der Waals surface area contributed by atoms with Crippen LogP contribution in [0.2, 0.25) is 0 Å². The molecule has 34 heavy (non-hydrogen) atoms. The highest BCUT2D eigenvalue weighted by Crippen LogP contribution is 2.36. The molecule has 3 aliphatic rings. The maximum absolute atomic E-state index is 9.10. The highest BCUT2D eigenvalue weighted by atomic mass is 32.2. The topological polar surface area (TPSA) is 99.8 Å². The van der Waals surface area contributed by atoms with Gasteiger partial charge in [0.25, 0.3) is 0 Å². The molecule has 0 spiro atoms. The minimum atomic E-state index is 0.132. The molecule has 180 valence electrons. The molecule has 0 aliphatic carbocycles. The molecule has 1 aromatic carbocycles. The number of fused-ring (bicyclic) bond motifs is 6. The van der Waals surface area contributed by atoms with Crippen LogP contribution in [0.25, 0.3) is 22.9 Å². The van der Waals surface area contributed by atoms with Crippen LogP contribution in [0.5, 0.6) is 0 Å². The van der Waals surface area contributed by atoms with Gasteiger partial charge in [0.05, 0.1) is 24.0 Å². The first kappa shape index (κ1) is 22.9. The van der Waals surface area contributed by atoms with Gasteiger partial charge in [0.2, 0.25) is 11.8 Å². The third kappa shape index (κ3) is 5.13. The number of rotatable bonds is 4. The first-order valence-corrected chi connectivity index (χ1v) is 12.7. The van der Waals surface area contributed by atoms with Crippen molar-refractivity contribution in [2.24, 2.45) is 0 Å². The van der Waals surface area contributed by atoms with Gasteiger partial charge in [-0.2, -0.15) is 0 Å². The van der Waals surface area contributed by atoms with Gasteiger partial charge in [-0.1, -0.05) is 11.9 Å². The minimum absolute atomic E-state index is 0.132. The van der Waals surface area contributed by atoms with Gasteiger partial charge in [0.1, 0.15) is 5.82 Å². The fourth-order valence-electron chi connectivity index (χ4n) is 4.36. The number of hydrogen-bond acceptors (Lipinski definition) is 10. The highest BCUT2D eigenvalue weighted by Gasteiger charge is 2.24. The first-order chi connectivity index (χ1) is 16.7. The quantitative estimate of drug-likeness (QED) is 0.423. The van der Waals surface area contributed by atoms with Crippen LogP contribution in [0, 0.1) is 0 Å². The summed E-state index contributed by atoms with van der Waals surface area (Å²) in [5.41, 5.74) is 3.79. The molecule has 0 amide bonds. The van der Waals surface area contributed by atoms with Gasteiger partial charge >= 0.3 is 0 Å². The highest BCUT2D eigenvalue weighted by molar-refractivity contribution is 8.00. The molecule has 2 aromatic heterocycles. The lowest BCUT2D eigenvalue weighted by atomic mass is 10.0. The normalized spacial score (nSPS) is 16.9. The number of ether oxygens (including phenoxy) is 1. The molecule has 1 fully saturated rings. The van der Waals surface area contributed by atoms with E-state index in [0.29, 0.717) is 17.5 Å². The molecule has 2 N–H and O–H groups in total. The van der Waals surface area contributed by atoms with Gasteiger partial charge in [0, 0.05) is 56.5 Å². The van der Waals surface area contributed by atoms with Crippen LogP contribution < -0.4 is 14.5 Å². The van der Waals surface area contributed by atoms with Gasteiger partial charge in [-0.25, -0.2) is 4.98 Å². The van der Waals surface area contributed by atoms with E-state index in [2.05, 4.69) is 35.8 Å². The van der Waals surface area contributed by atoms with Gasteiger partial charge in [0.15, 0.2) is 0 Å². The Labute approximate surface area is 203 Å². The zero-order chi connectivity index (χ0) is 23.3. The fourth-order valence-corrected chi connectivity index (χ4v) is 4.84. The van der Waals surface area contributed by atoms with E-state index in [1.54, 1.807) is 6.20 Å². The zero-order valence-corrected chi connectivity index (χ0v) is 20.1. The number of anilines is 3. The van der Waals surface area contributed by atoms with Gasteiger partial charge in [-0.3, -0.25) is 0 Å². The van der Waals surface area contributed by atoms with Crippen molar-refractivity contribution in [3.8, 4) is 22.9 Å². The molecule has 3 aromatic rings. The van der Waals surface area contributed by atoms with Crippen molar-refractivity contribution in [3.05, 3.63) is 36.5 Å². The summed E-state index contributed by atoms with van der Waals surface area (Å²) in [6, 6.07) is 10.0. The minimum Gasteiger partial charge on any atom is -0.416 e.